The molecule has 0 aromatic carbocycles. The average molecular weight is 313 g/mol. The van der Waals surface area contributed by atoms with Crippen LogP contribution < -0.4 is 5.69 Å². The van der Waals surface area contributed by atoms with E-state index in [2.05, 4.69) is 15.3 Å². The average Bonchev–Trinajstić information content (AvgIpc) is 3.02. The Hall–Kier alpha value is -3.11. The van der Waals surface area contributed by atoms with Crippen molar-refractivity contribution >= 4 is 11.6 Å². The van der Waals surface area contributed by atoms with Crippen LogP contribution in [0, 0.1) is 0 Å². The Labute approximate surface area is 118 Å². The van der Waals surface area contributed by atoms with Crippen molar-refractivity contribution in [2.75, 3.05) is 0 Å². The molecule has 11 heteroatoms. The molecule has 0 fully saturated rings. The van der Waals surface area contributed by atoms with Crippen LogP contribution in [-0.4, -0.2) is 35.5 Å². The summed E-state index contributed by atoms with van der Waals surface area (Å²) in [6.07, 6.45) is -3.05. The number of rotatable bonds is 2. The van der Waals surface area contributed by atoms with E-state index < -0.39 is 29.1 Å². The number of pyridine rings is 1. The lowest BCUT2D eigenvalue weighted by molar-refractivity contribution is -0.143. The van der Waals surface area contributed by atoms with Crippen LogP contribution in [0.25, 0.3) is 11.3 Å². The highest BCUT2D eigenvalue weighted by molar-refractivity contribution is 5.89. The first kappa shape index (κ1) is 13.9. The van der Waals surface area contributed by atoms with Gasteiger partial charge in [0.1, 0.15) is 11.3 Å². The summed E-state index contributed by atoms with van der Waals surface area (Å²) in [6.45, 7) is 0. The fourth-order valence-electron chi connectivity index (χ4n) is 2.04. The highest BCUT2D eigenvalue weighted by atomic mass is 19.4. The molecule has 0 unspecified atom stereocenters. The van der Waals surface area contributed by atoms with Crippen LogP contribution in [0.1, 0.15) is 16.1 Å². The van der Waals surface area contributed by atoms with Gasteiger partial charge in [0.2, 0.25) is 0 Å². The highest BCUT2D eigenvalue weighted by Crippen LogP contribution is 2.34. The van der Waals surface area contributed by atoms with Crippen LogP contribution in [-0.2, 0) is 6.18 Å². The van der Waals surface area contributed by atoms with E-state index in [0.717, 1.165) is 4.40 Å². The molecule has 0 saturated carbocycles. The predicted octanol–water partition coefficient (Wildman–Crippen LogP) is 0.925. The molecule has 0 atom stereocenters. The molecule has 22 heavy (non-hydrogen) atoms. The number of halogens is 3. The van der Waals surface area contributed by atoms with Crippen molar-refractivity contribution in [1.29, 1.82) is 0 Å². The molecule has 3 heterocycles. The number of carbonyl (C=O) groups is 1. The summed E-state index contributed by atoms with van der Waals surface area (Å²) < 4.78 is 40.9. The third kappa shape index (κ3) is 1.94. The standard InChI is InChI=1S/C11H6F3N5O3/c12-11(13,14)7-5(9(20)21)4-15-19(7)6-2-1-3-18-8(6)16-17-10(18)22/h1-4H,(H,17,22)(H,20,21). The van der Waals surface area contributed by atoms with Crippen molar-refractivity contribution in [3.05, 3.63) is 46.3 Å². The summed E-state index contributed by atoms with van der Waals surface area (Å²) in [5.74, 6) is -1.76. The number of alkyl halides is 3. The van der Waals surface area contributed by atoms with E-state index in [0.29, 0.717) is 10.9 Å². The van der Waals surface area contributed by atoms with Crippen molar-refractivity contribution in [3.63, 3.8) is 0 Å². The van der Waals surface area contributed by atoms with E-state index in [-0.39, 0.29) is 11.3 Å². The van der Waals surface area contributed by atoms with E-state index >= 15 is 0 Å². The summed E-state index contributed by atoms with van der Waals surface area (Å²) in [6, 6.07) is 2.56. The number of carboxylic acids is 1. The van der Waals surface area contributed by atoms with Gasteiger partial charge in [-0.3, -0.25) is 0 Å². The quantitative estimate of drug-likeness (QED) is 0.732. The van der Waals surface area contributed by atoms with Gasteiger partial charge < -0.3 is 5.11 Å². The molecule has 3 rings (SSSR count). The van der Waals surface area contributed by atoms with Crippen molar-refractivity contribution in [2.24, 2.45) is 0 Å². The lowest BCUT2D eigenvalue weighted by Crippen LogP contribution is -2.18. The first-order chi connectivity index (χ1) is 10.3. The van der Waals surface area contributed by atoms with Crippen molar-refractivity contribution in [2.45, 2.75) is 6.18 Å². The van der Waals surface area contributed by atoms with Gasteiger partial charge in [0, 0.05) is 6.20 Å². The van der Waals surface area contributed by atoms with E-state index in [4.69, 9.17) is 5.11 Å². The summed E-state index contributed by atoms with van der Waals surface area (Å²) in [4.78, 5) is 22.4. The Morgan fingerprint density at radius 3 is 2.73 bits per heavy atom. The second-order valence-electron chi connectivity index (χ2n) is 4.24. The number of fused-ring (bicyclic) bond motifs is 1. The Balaban J connectivity index is 2.37. The van der Waals surface area contributed by atoms with E-state index in [1.807, 2.05) is 0 Å². The number of hydrogen-bond donors (Lipinski definition) is 2. The summed E-state index contributed by atoms with van der Waals surface area (Å²) in [5.41, 5.74) is -3.38. The Bertz CT molecular complexity index is 936. The topological polar surface area (TPSA) is 105 Å². The van der Waals surface area contributed by atoms with Gasteiger partial charge in [-0.05, 0) is 12.1 Å². The Kier molecular flexibility index (Phi) is 2.80. The fourth-order valence-corrected chi connectivity index (χ4v) is 2.04. The minimum Gasteiger partial charge on any atom is -0.478 e. The Morgan fingerprint density at radius 1 is 1.36 bits per heavy atom. The number of aromatic amines is 1. The SMILES string of the molecule is O=C(O)c1cnn(-c2cccn3c(=O)[nH]nc23)c1C(F)(F)F. The molecule has 0 aliphatic heterocycles. The minimum atomic E-state index is -4.95. The smallest absolute Gasteiger partial charge is 0.434 e. The van der Waals surface area contributed by atoms with Crippen molar-refractivity contribution in [3.8, 4) is 5.69 Å². The fraction of sp³-hybridized carbons (Fsp3) is 0.0909. The van der Waals surface area contributed by atoms with Crippen molar-refractivity contribution < 1.29 is 23.1 Å². The summed E-state index contributed by atoms with van der Waals surface area (Å²) in [7, 11) is 0. The van der Waals surface area contributed by atoms with Crippen LogP contribution >= 0.6 is 0 Å². The molecule has 0 amide bonds. The summed E-state index contributed by atoms with van der Waals surface area (Å²) in [5, 5.41) is 18.1. The lowest BCUT2D eigenvalue weighted by Gasteiger charge is -2.11. The van der Waals surface area contributed by atoms with Gasteiger partial charge in [-0.25, -0.2) is 23.8 Å². The zero-order valence-electron chi connectivity index (χ0n) is 10.5. The zero-order chi connectivity index (χ0) is 16.1. The van der Waals surface area contributed by atoms with Gasteiger partial charge in [0.05, 0.1) is 6.20 Å². The first-order valence-corrected chi connectivity index (χ1v) is 5.75. The molecule has 8 nitrogen and oxygen atoms in total. The highest BCUT2D eigenvalue weighted by Gasteiger charge is 2.41. The van der Waals surface area contributed by atoms with Crippen LogP contribution in [0.2, 0.25) is 0 Å². The molecule has 3 aromatic rings. The number of nitrogens with one attached hydrogen (secondary N) is 1. The maximum Gasteiger partial charge on any atom is 0.434 e. The third-order valence-corrected chi connectivity index (χ3v) is 2.92. The molecule has 114 valence electrons. The zero-order valence-corrected chi connectivity index (χ0v) is 10.5. The normalized spacial score (nSPS) is 12.0. The number of aromatic nitrogens is 5. The number of carboxylic acid groups (broad SMARTS) is 1. The van der Waals surface area contributed by atoms with Crippen LogP contribution in [0.15, 0.2) is 29.3 Å². The second kappa shape index (κ2) is 4.44. The van der Waals surface area contributed by atoms with E-state index in [1.165, 1.54) is 18.3 Å². The molecule has 2 N–H and O–H groups in total. The van der Waals surface area contributed by atoms with Gasteiger partial charge in [-0.15, -0.1) is 0 Å². The molecular formula is C11H6F3N5O3. The first-order valence-electron chi connectivity index (χ1n) is 5.75. The van der Waals surface area contributed by atoms with Gasteiger partial charge in [-0.1, -0.05) is 0 Å². The lowest BCUT2D eigenvalue weighted by atomic mass is 10.2. The van der Waals surface area contributed by atoms with E-state index in [9.17, 15) is 22.8 Å². The number of nitrogens with zero attached hydrogens (tertiary/aromatic N) is 4. The van der Waals surface area contributed by atoms with Gasteiger partial charge in [0.15, 0.2) is 11.3 Å². The monoisotopic (exact) mass is 313 g/mol. The van der Waals surface area contributed by atoms with Crippen LogP contribution in [0.5, 0.6) is 0 Å². The van der Waals surface area contributed by atoms with Gasteiger partial charge in [-0.2, -0.15) is 23.4 Å². The minimum absolute atomic E-state index is 0.113. The molecule has 0 aliphatic rings. The molecule has 0 bridgehead atoms. The van der Waals surface area contributed by atoms with E-state index in [1.54, 1.807) is 0 Å². The maximum absolute atomic E-state index is 13.2. The Morgan fingerprint density at radius 2 is 2.09 bits per heavy atom. The van der Waals surface area contributed by atoms with Crippen LogP contribution in [0.4, 0.5) is 13.2 Å². The number of H-pyrrole nitrogens is 1. The molecule has 3 aromatic heterocycles. The number of hydrogen-bond acceptors (Lipinski definition) is 4. The molecular weight excluding hydrogens is 307 g/mol. The van der Waals surface area contributed by atoms with Gasteiger partial charge in [0.25, 0.3) is 0 Å². The molecule has 0 spiro atoms. The van der Waals surface area contributed by atoms with Gasteiger partial charge >= 0.3 is 17.8 Å². The molecule has 0 radical (unpaired) electrons. The second-order valence-corrected chi connectivity index (χ2v) is 4.24. The molecule has 0 aliphatic carbocycles. The molecule has 0 saturated heterocycles. The largest absolute Gasteiger partial charge is 0.478 e. The predicted molar refractivity (Wildman–Crippen MR) is 64.9 cm³/mol. The third-order valence-electron chi connectivity index (χ3n) is 2.92. The summed E-state index contributed by atoms with van der Waals surface area (Å²) >= 11 is 0. The number of aromatic carboxylic acids is 1. The van der Waals surface area contributed by atoms with Crippen molar-refractivity contribution in [1.82, 2.24) is 24.4 Å². The maximum atomic E-state index is 13.2. The van der Waals surface area contributed by atoms with Crippen LogP contribution in [0.3, 0.4) is 0 Å².